The maximum atomic E-state index is 11.8. The molecule has 0 aliphatic carbocycles. The van der Waals surface area contributed by atoms with E-state index >= 15 is 0 Å². The van der Waals surface area contributed by atoms with Gasteiger partial charge in [-0.1, -0.05) is 19.1 Å². The molecule has 0 saturated heterocycles. The zero-order valence-electron chi connectivity index (χ0n) is 8.32. The van der Waals surface area contributed by atoms with Crippen molar-refractivity contribution in [2.75, 3.05) is 0 Å². The van der Waals surface area contributed by atoms with Crippen LogP contribution in [-0.4, -0.2) is 6.61 Å². The Morgan fingerprint density at radius 1 is 1.27 bits per heavy atom. The number of hydrogen-bond acceptors (Lipinski definition) is 2. The Morgan fingerprint density at radius 2 is 1.80 bits per heavy atom. The molecule has 0 heterocycles. The largest absolute Gasteiger partial charge is 0.435 e. The van der Waals surface area contributed by atoms with Gasteiger partial charge < -0.3 is 10.5 Å². The molecular weight excluding hydrogens is 224 g/mol. The maximum Gasteiger partial charge on any atom is 0.387 e. The number of halogens is 3. The third-order valence-corrected chi connectivity index (χ3v) is 1.97. The normalized spacial score (nSPS) is 12.1. The van der Waals surface area contributed by atoms with E-state index in [0.29, 0.717) is 0 Å². The van der Waals surface area contributed by atoms with Gasteiger partial charge >= 0.3 is 6.61 Å². The molecule has 0 aliphatic rings. The van der Waals surface area contributed by atoms with Gasteiger partial charge in [0.05, 0.1) is 0 Å². The second kappa shape index (κ2) is 6.58. The van der Waals surface area contributed by atoms with Crippen molar-refractivity contribution in [2.45, 2.75) is 26.0 Å². The number of ether oxygens (including phenoxy) is 1. The Labute approximate surface area is 93.8 Å². The summed E-state index contributed by atoms with van der Waals surface area (Å²) in [5.74, 6) is 0.159. The van der Waals surface area contributed by atoms with Crippen molar-refractivity contribution in [3.8, 4) is 5.75 Å². The van der Waals surface area contributed by atoms with Crippen LogP contribution in [0, 0.1) is 0 Å². The van der Waals surface area contributed by atoms with Crippen LogP contribution in [0.4, 0.5) is 8.78 Å². The van der Waals surface area contributed by atoms with Gasteiger partial charge in [0.15, 0.2) is 0 Å². The van der Waals surface area contributed by atoms with E-state index in [1.54, 1.807) is 12.1 Å². The summed E-state index contributed by atoms with van der Waals surface area (Å²) in [4.78, 5) is 0. The molecule has 0 unspecified atom stereocenters. The Bertz CT molecular complexity index is 279. The highest BCUT2D eigenvalue weighted by Crippen LogP contribution is 2.19. The van der Waals surface area contributed by atoms with Crippen LogP contribution in [-0.2, 0) is 0 Å². The summed E-state index contributed by atoms with van der Waals surface area (Å²) in [6.45, 7) is -0.811. The van der Waals surface area contributed by atoms with Crippen molar-refractivity contribution in [1.82, 2.24) is 0 Å². The van der Waals surface area contributed by atoms with Crippen molar-refractivity contribution >= 4 is 12.4 Å². The molecule has 1 rings (SSSR count). The summed E-state index contributed by atoms with van der Waals surface area (Å²) in [6.07, 6.45) is 0.815. The topological polar surface area (TPSA) is 35.2 Å². The van der Waals surface area contributed by atoms with E-state index < -0.39 is 6.61 Å². The van der Waals surface area contributed by atoms with Crippen LogP contribution in [0.3, 0.4) is 0 Å². The first kappa shape index (κ1) is 14.1. The molecule has 86 valence electrons. The van der Waals surface area contributed by atoms with Crippen molar-refractivity contribution in [2.24, 2.45) is 5.73 Å². The Balaban J connectivity index is 0.00000196. The molecule has 0 amide bonds. The highest BCUT2D eigenvalue weighted by atomic mass is 35.5. The number of nitrogens with two attached hydrogens (primary N) is 1. The Kier molecular flexibility index (Phi) is 6.20. The first-order chi connectivity index (χ1) is 6.63. The van der Waals surface area contributed by atoms with E-state index in [9.17, 15) is 8.78 Å². The number of rotatable bonds is 4. The van der Waals surface area contributed by atoms with E-state index in [1.165, 1.54) is 12.1 Å². The van der Waals surface area contributed by atoms with Crippen LogP contribution in [0.25, 0.3) is 0 Å². The summed E-state index contributed by atoms with van der Waals surface area (Å²) in [7, 11) is 0. The minimum absolute atomic E-state index is 0. The average molecular weight is 238 g/mol. The lowest BCUT2D eigenvalue weighted by Crippen LogP contribution is -2.08. The van der Waals surface area contributed by atoms with Crippen LogP contribution in [0.5, 0.6) is 5.75 Å². The highest BCUT2D eigenvalue weighted by Gasteiger charge is 2.06. The lowest BCUT2D eigenvalue weighted by atomic mass is 10.1. The summed E-state index contributed by atoms with van der Waals surface area (Å²) < 4.78 is 27.8. The molecule has 0 aliphatic heterocycles. The molecule has 0 spiro atoms. The predicted molar refractivity (Wildman–Crippen MR) is 57.5 cm³/mol. The molecule has 15 heavy (non-hydrogen) atoms. The third kappa shape index (κ3) is 4.44. The van der Waals surface area contributed by atoms with E-state index in [1.807, 2.05) is 6.92 Å². The van der Waals surface area contributed by atoms with Gasteiger partial charge in [0.2, 0.25) is 0 Å². The minimum Gasteiger partial charge on any atom is -0.435 e. The molecule has 2 N–H and O–H groups in total. The fourth-order valence-corrected chi connectivity index (χ4v) is 1.13. The molecular formula is C10H14ClF2NO. The quantitative estimate of drug-likeness (QED) is 0.873. The molecule has 0 aromatic heterocycles. The molecule has 1 aromatic carbocycles. The van der Waals surface area contributed by atoms with Crippen LogP contribution in [0.2, 0.25) is 0 Å². The molecule has 1 atom stereocenters. The lowest BCUT2D eigenvalue weighted by molar-refractivity contribution is -0.0498. The summed E-state index contributed by atoms with van der Waals surface area (Å²) in [5, 5.41) is 0. The average Bonchev–Trinajstić information content (AvgIpc) is 2.17. The molecule has 0 fully saturated rings. The van der Waals surface area contributed by atoms with Gasteiger partial charge in [-0.15, -0.1) is 12.4 Å². The monoisotopic (exact) mass is 237 g/mol. The second-order valence-electron chi connectivity index (χ2n) is 2.96. The molecule has 0 saturated carbocycles. The first-order valence-electron chi connectivity index (χ1n) is 4.43. The Morgan fingerprint density at radius 3 is 2.20 bits per heavy atom. The van der Waals surface area contributed by atoms with E-state index in [2.05, 4.69) is 4.74 Å². The SMILES string of the molecule is CC[C@@H](N)c1ccc(OC(F)F)cc1.Cl. The predicted octanol–water partition coefficient (Wildman–Crippen LogP) is 3.12. The number of alkyl halides is 2. The van der Waals surface area contributed by atoms with Gasteiger partial charge in [-0.3, -0.25) is 0 Å². The zero-order valence-corrected chi connectivity index (χ0v) is 9.14. The molecule has 0 radical (unpaired) electrons. The van der Waals surface area contributed by atoms with Crippen molar-refractivity contribution in [3.63, 3.8) is 0 Å². The van der Waals surface area contributed by atoms with Crippen molar-refractivity contribution in [1.29, 1.82) is 0 Å². The van der Waals surface area contributed by atoms with Crippen molar-refractivity contribution < 1.29 is 13.5 Å². The molecule has 2 nitrogen and oxygen atoms in total. The summed E-state index contributed by atoms with van der Waals surface area (Å²) in [6, 6.07) is 6.35. The van der Waals surface area contributed by atoms with Gasteiger partial charge in [0, 0.05) is 6.04 Å². The number of benzene rings is 1. The first-order valence-corrected chi connectivity index (χ1v) is 4.43. The lowest BCUT2D eigenvalue weighted by Gasteiger charge is -2.10. The fourth-order valence-electron chi connectivity index (χ4n) is 1.13. The third-order valence-electron chi connectivity index (χ3n) is 1.97. The Hall–Kier alpha value is -0.870. The number of hydrogen-bond donors (Lipinski definition) is 1. The van der Waals surface area contributed by atoms with Gasteiger partial charge in [-0.25, -0.2) is 0 Å². The van der Waals surface area contributed by atoms with E-state index in [4.69, 9.17) is 5.73 Å². The van der Waals surface area contributed by atoms with Crippen LogP contribution in [0.1, 0.15) is 24.9 Å². The summed E-state index contributed by atoms with van der Waals surface area (Å²) >= 11 is 0. The van der Waals surface area contributed by atoms with Crippen molar-refractivity contribution in [3.05, 3.63) is 29.8 Å². The fraction of sp³-hybridized carbons (Fsp3) is 0.400. The minimum atomic E-state index is -2.78. The van der Waals surface area contributed by atoms with Crippen LogP contribution < -0.4 is 10.5 Å². The van der Waals surface area contributed by atoms with E-state index in [0.717, 1.165) is 12.0 Å². The molecule has 0 bridgehead atoms. The summed E-state index contributed by atoms with van der Waals surface area (Å²) in [5.41, 5.74) is 6.68. The van der Waals surface area contributed by atoms with Gasteiger partial charge in [0.25, 0.3) is 0 Å². The van der Waals surface area contributed by atoms with Crippen LogP contribution >= 0.6 is 12.4 Å². The van der Waals surface area contributed by atoms with E-state index in [-0.39, 0.29) is 24.2 Å². The molecule has 5 heteroatoms. The van der Waals surface area contributed by atoms with Gasteiger partial charge in [-0.05, 0) is 24.1 Å². The zero-order chi connectivity index (χ0) is 10.6. The van der Waals surface area contributed by atoms with Gasteiger partial charge in [0.1, 0.15) is 5.75 Å². The maximum absolute atomic E-state index is 11.8. The smallest absolute Gasteiger partial charge is 0.387 e. The standard InChI is InChI=1S/C10H13F2NO.ClH/c1-2-9(13)7-3-5-8(6-4-7)14-10(11)12;/h3-6,9-10H,2,13H2,1H3;1H/t9-;/m1./s1. The highest BCUT2D eigenvalue weighted by molar-refractivity contribution is 5.85. The van der Waals surface area contributed by atoms with Crippen LogP contribution in [0.15, 0.2) is 24.3 Å². The second-order valence-corrected chi connectivity index (χ2v) is 2.96. The molecule has 1 aromatic rings. The van der Waals surface area contributed by atoms with Gasteiger partial charge in [-0.2, -0.15) is 8.78 Å².